The molecular weight excluding hydrogens is 280 g/mol. The lowest BCUT2D eigenvalue weighted by Gasteiger charge is -2.08. The van der Waals surface area contributed by atoms with E-state index in [1.54, 1.807) is 13.3 Å². The second-order valence-electron chi connectivity index (χ2n) is 4.81. The normalized spacial score (nSPS) is 13.0. The molecule has 1 aliphatic heterocycles. The molecule has 5 heteroatoms. The van der Waals surface area contributed by atoms with Crippen LogP contribution in [0.2, 0.25) is 0 Å². The van der Waals surface area contributed by atoms with Gasteiger partial charge in [0.25, 0.3) is 0 Å². The van der Waals surface area contributed by atoms with Gasteiger partial charge in [-0.25, -0.2) is 0 Å². The van der Waals surface area contributed by atoms with Crippen LogP contribution in [-0.4, -0.2) is 18.5 Å². The van der Waals surface area contributed by atoms with Gasteiger partial charge in [-0.05, 0) is 24.3 Å². The maximum atomic E-state index is 9.33. The monoisotopic (exact) mass is 296 g/mol. The Balaban J connectivity index is 2.15. The number of fused-ring (bicyclic) bond motifs is 1. The van der Waals surface area contributed by atoms with Gasteiger partial charge in [0.2, 0.25) is 6.79 Å². The summed E-state index contributed by atoms with van der Waals surface area (Å²) in [6, 6.07) is 9.81. The van der Waals surface area contributed by atoms with Crippen molar-refractivity contribution in [3.63, 3.8) is 0 Å². The predicted molar refractivity (Wildman–Crippen MR) is 81.9 cm³/mol. The van der Waals surface area contributed by atoms with Crippen molar-refractivity contribution in [1.29, 1.82) is 5.26 Å². The molecule has 3 rings (SSSR count). The van der Waals surface area contributed by atoms with Crippen molar-refractivity contribution in [2.24, 2.45) is 0 Å². The van der Waals surface area contributed by atoms with E-state index in [1.807, 2.05) is 41.8 Å². The average molecular weight is 296 g/mol. The molecule has 2 aromatic rings. The molecule has 0 atom stereocenters. The van der Waals surface area contributed by atoms with Crippen molar-refractivity contribution in [2.75, 3.05) is 13.9 Å². The Morgan fingerprint density at radius 1 is 1.27 bits per heavy atom. The minimum atomic E-state index is 0.119. The van der Waals surface area contributed by atoms with Gasteiger partial charge >= 0.3 is 0 Å². The molecule has 112 valence electrons. The van der Waals surface area contributed by atoms with Gasteiger partial charge in [0.1, 0.15) is 23.1 Å². The molecule has 1 aliphatic rings. The number of ether oxygens (including phenoxy) is 3. The predicted octanol–water partition coefficient (Wildman–Crippen LogP) is 3.47. The fourth-order valence-corrected chi connectivity index (χ4v) is 2.39. The van der Waals surface area contributed by atoms with Gasteiger partial charge < -0.3 is 18.8 Å². The Bertz CT molecular complexity index is 751. The van der Waals surface area contributed by atoms with Gasteiger partial charge in [0.15, 0.2) is 5.75 Å². The van der Waals surface area contributed by atoms with Crippen LogP contribution in [0.1, 0.15) is 24.6 Å². The Hall–Kier alpha value is -2.87. The molecule has 0 unspecified atom stereocenters. The molecule has 0 fully saturated rings. The molecule has 0 amide bonds. The van der Waals surface area contributed by atoms with Crippen LogP contribution in [0.3, 0.4) is 0 Å². The summed E-state index contributed by atoms with van der Waals surface area (Å²) in [5.41, 5.74) is 2.23. The van der Waals surface area contributed by atoms with Crippen molar-refractivity contribution in [1.82, 2.24) is 4.57 Å². The van der Waals surface area contributed by atoms with Crippen molar-refractivity contribution < 1.29 is 14.2 Å². The molecule has 0 bridgehead atoms. The van der Waals surface area contributed by atoms with Crippen LogP contribution < -0.4 is 9.47 Å². The van der Waals surface area contributed by atoms with Crippen molar-refractivity contribution in [3.8, 4) is 23.3 Å². The number of hydrogen-bond acceptors (Lipinski definition) is 4. The third-order valence-corrected chi connectivity index (χ3v) is 3.56. The average Bonchev–Trinajstić information content (AvgIpc) is 2.77. The summed E-state index contributed by atoms with van der Waals surface area (Å²) in [5.74, 6) is 2.17. The Morgan fingerprint density at radius 2 is 2.05 bits per heavy atom. The molecule has 0 spiro atoms. The first-order valence-corrected chi connectivity index (χ1v) is 7.03. The lowest BCUT2D eigenvalue weighted by atomic mass is 10.2. The molecule has 1 aromatic carbocycles. The van der Waals surface area contributed by atoms with E-state index in [0.717, 1.165) is 29.3 Å². The summed E-state index contributed by atoms with van der Waals surface area (Å²) in [4.78, 5) is 0. The Labute approximate surface area is 129 Å². The minimum Gasteiger partial charge on any atom is -0.497 e. The third-order valence-electron chi connectivity index (χ3n) is 3.56. The third kappa shape index (κ3) is 2.40. The number of allylic oxidation sites excluding steroid dienone is 1. The highest BCUT2D eigenvalue weighted by Crippen LogP contribution is 2.33. The van der Waals surface area contributed by atoms with Gasteiger partial charge in [-0.1, -0.05) is 6.92 Å². The molecule has 0 saturated carbocycles. The molecule has 5 nitrogen and oxygen atoms in total. The van der Waals surface area contributed by atoms with Crippen molar-refractivity contribution in [3.05, 3.63) is 47.5 Å². The van der Waals surface area contributed by atoms with Crippen LogP contribution in [0.5, 0.6) is 11.5 Å². The number of nitriles is 1. The molecule has 0 N–H and O–H groups in total. The molecular formula is C17H16N2O3. The maximum Gasteiger partial charge on any atom is 0.230 e. The number of nitrogens with zero attached hydrogens (tertiary/aromatic N) is 2. The maximum absolute atomic E-state index is 9.33. The van der Waals surface area contributed by atoms with E-state index in [-0.39, 0.29) is 6.79 Å². The molecule has 0 aliphatic carbocycles. The first-order valence-electron chi connectivity index (χ1n) is 7.03. The lowest BCUT2D eigenvalue weighted by Crippen LogP contribution is -2.00. The minimum absolute atomic E-state index is 0.119. The SMILES string of the molecule is CCC1=Cc2c(c(C#N)cn2-c2ccc(OC)cc2)OCO1. The number of methoxy groups -OCH3 is 1. The number of hydrogen-bond donors (Lipinski definition) is 0. The fraction of sp³-hybridized carbons (Fsp3) is 0.235. The van der Waals surface area contributed by atoms with Gasteiger partial charge in [0, 0.05) is 24.4 Å². The highest BCUT2D eigenvalue weighted by atomic mass is 16.7. The van der Waals surface area contributed by atoms with Gasteiger partial charge in [-0.2, -0.15) is 5.26 Å². The molecule has 2 heterocycles. The van der Waals surface area contributed by atoms with E-state index in [4.69, 9.17) is 14.2 Å². The van der Waals surface area contributed by atoms with Crippen LogP contribution in [0.25, 0.3) is 11.8 Å². The quantitative estimate of drug-likeness (QED) is 0.870. The fourth-order valence-electron chi connectivity index (χ4n) is 2.39. The van der Waals surface area contributed by atoms with Crippen LogP contribution in [0.4, 0.5) is 0 Å². The second kappa shape index (κ2) is 5.86. The van der Waals surface area contributed by atoms with Crippen LogP contribution in [0.15, 0.2) is 36.2 Å². The summed E-state index contributed by atoms with van der Waals surface area (Å²) in [6.45, 7) is 2.14. The van der Waals surface area contributed by atoms with Gasteiger partial charge in [-0.3, -0.25) is 0 Å². The second-order valence-corrected chi connectivity index (χ2v) is 4.81. The topological polar surface area (TPSA) is 56.4 Å². The smallest absolute Gasteiger partial charge is 0.230 e. The first kappa shape index (κ1) is 14.1. The molecule has 1 aromatic heterocycles. The van der Waals surface area contributed by atoms with Crippen LogP contribution >= 0.6 is 0 Å². The van der Waals surface area contributed by atoms with Gasteiger partial charge in [-0.15, -0.1) is 0 Å². The largest absolute Gasteiger partial charge is 0.497 e. The highest BCUT2D eigenvalue weighted by Gasteiger charge is 2.20. The number of aromatic nitrogens is 1. The zero-order valence-electron chi connectivity index (χ0n) is 12.5. The van der Waals surface area contributed by atoms with E-state index >= 15 is 0 Å². The van der Waals surface area contributed by atoms with Crippen molar-refractivity contribution in [2.45, 2.75) is 13.3 Å². The highest BCUT2D eigenvalue weighted by molar-refractivity contribution is 5.65. The van der Waals surface area contributed by atoms with Crippen LogP contribution in [-0.2, 0) is 4.74 Å². The van der Waals surface area contributed by atoms with E-state index in [1.165, 1.54) is 0 Å². The molecule has 0 radical (unpaired) electrons. The lowest BCUT2D eigenvalue weighted by molar-refractivity contribution is 0.0623. The zero-order chi connectivity index (χ0) is 15.5. The number of rotatable bonds is 3. The molecule has 0 saturated heterocycles. The van der Waals surface area contributed by atoms with E-state index in [2.05, 4.69) is 6.07 Å². The molecule has 22 heavy (non-hydrogen) atoms. The summed E-state index contributed by atoms with van der Waals surface area (Å²) in [5, 5.41) is 9.33. The van der Waals surface area contributed by atoms with Crippen LogP contribution in [0, 0.1) is 11.3 Å². The van der Waals surface area contributed by atoms with Crippen molar-refractivity contribution >= 4 is 6.08 Å². The summed E-state index contributed by atoms with van der Waals surface area (Å²) in [7, 11) is 1.63. The number of benzene rings is 1. The first-order chi connectivity index (χ1) is 10.8. The Morgan fingerprint density at radius 3 is 2.68 bits per heavy atom. The Kier molecular flexibility index (Phi) is 3.75. The van der Waals surface area contributed by atoms with E-state index < -0.39 is 0 Å². The van der Waals surface area contributed by atoms with E-state index in [9.17, 15) is 5.26 Å². The standard InChI is InChI=1S/C17H16N2O3/c1-3-14-8-16-17(22-11-21-14)12(9-18)10-19(16)13-4-6-15(20-2)7-5-13/h4-8,10H,3,11H2,1-2H3. The zero-order valence-corrected chi connectivity index (χ0v) is 12.5. The summed E-state index contributed by atoms with van der Waals surface area (Å²) in [6.07, 6.45) is 4.47. The van der Waals surface area contributed by atoms with E-state index in [0.29, 0.717) is 11.3 Å². The van der Waals surface area contributed by atoms with Gasteiger partial charge in [0.05, 0.1) is 12.8 Å². The summed E-state index contributed by atoms with van der Waals surface area (Å²) >= 11 is 0. The summed E-state index contributed by atoms with van der Waals surface area (Å²) < 4.78 is 18.2.